The molecule has 0 radical (unpaired) electrons. The third-order valence-electron chi connectivity index (χ3n) is 7.06. The van der Waals surface area contributed by atoms with Crippen molar-refractivity contribution in [3.8, 4) is 0 Å². The van der Waals surface area contributed by atoms with Crippen molar-refractivity contribution in [1.29, 1.82) is 0 Å². The third kappa shape index (κ3) is 5.56. The minimum Gasteiger partial charge on any atom is -0.349 e. The third-order valence-corrected chi connectivity index (χ3v) is 7.06. The monoisotopic (exact) mass is 529 g/mol. The predicted octanol–water partition coefficient (Wildman–Crippen LogP) is 4.22. The zero-order valence-corrected chi connectivity index (χ0v) is 22.3. The second-order valence-electron chi connectivity index (χ2n) is 11.7. The zero-order valence-electron chi connectivity index (χ0n) is 22.3. The van der Waals surface area contributed by atoms with Crippen molar-refractivity contribution in [3.05, 3.63) is 70.5 Å². The summed E-state index contributed by atoms with van der Waals surface area (Å²) in [4.78, 5) is 42.5. The van der Waals surface area contributed by atoms with Crippen LogP contribution in [0.5, 0.6) is 0 Å². The molecule has 9 heteroatoms. The van der Waals surface area contributed by atoms with Crippen molar-refractivity contribution in [1.82, 2.24) is 15.5 Å². The van der Waals surface area contributed by atoms with E-state index in [2.05, 4.69) is 10.6 Å². The van der Waals surface area contributed by atoms with Gasteiger partial charge in [-0.15, -0.1) is 0 Å². The molecule has 1 aliphatic heterocycles. The van der Waals surface area contributed by atoms with Crippen LogP contribution >= 0.6 is 0 Å². The number of nitrogens with zero attached hydrogens (tertiary/aromatic N) is 1. The molecule has 2 aromatic rings. The van der Waals surface area contributed by atoms with Crippen LogP contribution in [0.2, 0.25) is 0 Å². The van der Waals surface area contributed by atoms with E-state index in [0.29, 0.717) is 25.0 Å². The molecular formula is C29H34F3N3O3. The van der Waals surface area contributed by atoms with Crippen LogP contribution in [0.25, 0.3) is 0 Å². The molecule has 2 aromatic carbocycles. The average Bonchev–Trinajstić information content (AvgIpc) is 3.24. The van der Waals surface area contributed by atoms with Crippen LogP contribution in [-0.2, 0) is 27.2 Å². The van der Waals surface area contributed by atoms with Crippen LogP contribution in [0, 0.1) is 29.3 Å². The Morgan fingerprint density at radius 1 is 1.03 bits per heavy atom. The molecule has 204 valence electrons. The van der Waals surface area contributed by atoms with Gasteiger partial charge in [0.1, 0.15) is 23.9 Å². The molecular weight excluding hydrogens is 495 g/mol. The Morgan fingerprint density at radius 3 is 2.16 bits per heavy atom. The Hall–Kier alpha value is -3.36. The van der Waals surface area contributed by atoms with Crippen LogP contribution in [-0.4, -0.2) is 40.2 Å². The summed E-state index contributed by atoms with van der Waals surface area (Å²) >= 11 is 0. The minimum atomic E-state index is -1.68. The van der Waals surface area contributed by atoms with Gasteiger partial charge in [0.05, 0.1) is 0 Å². The Balaban J connectivity index is 1.82. The number of carbonyl (C=O) groups is 3. The molecule has 0 spiro atoms. The van der Waals surface area contributed by atoms with E-state index in [1.807, 2.05) is 38.1 Å². The summed E-state index contributed by atoms with van der Waals surface area (Å²) in [7, 11) is 0. The highest BCUT2D eigenvalue weighted by atomic mass is 19.2. The average molecular weight is 530 g/mol. The molecule has 4 rings (SSSR count). The van der Waals surface area contributed by atoms with E-state index in [4.69, 9.17) is 0 Å². The summed E-state index contributed by atoms with van der Waals surface area (Å²) in [6, 6.07) is 4.97. The number of rotatable bonds is 6. The number of halogens is 3. The zero-order chi connectivity index (χ0) is 27.9. The van der Waals surface area contributed by atoms with Crippen molar-refractivity contribution < 1.29 is 27.6 Å². The van der Waals surface area contributed by atoms with E-state index < -0.39 is 64.4 Å². The lowest BCUT2D eigenvalue weighted by atomic mass is 9.87. The quantitative estimate of drug-likeness (QED) is 0.551. The van der Waals surface area contributed by atoms with Crippen LogP contribution in [0.15, 0.2) is 36.4 Å². The van der Waals surface area contributed by atoms with E-state index in [1.165, 1.54) is 0 Å². The van der Waals surface area contributed by atoms with E-state index in [1.54, 1.807) is 20.8 Å². The lowest BCUT2D eigenvalue weighted by molar-refractivity contribution is -0.158. The van der Waals surface area contributed by atoms with Crippen LogP contribution in [0.4, 0.5) is 13.2 Å². The van der Waals surface area contributed by atoms with Gasteiger partial charge in [-0.3, -0.25) is 14.4 Å². The molecule has 0 aromatic heterocycles. The first-order valence-corrected chi connectivity index (χ1v) is 12.9. The Morgan fingerprint density at radius 2 is 1.61 bits per heavy atom. The maximum absolute atomic E-state index is 15.2. The molecule has 6 nitrogen and oxygen atoms in total. The van der Waals surface area contributed by atoms with Gasteiger partial charge >= 0.3 is 0 Å². The molecule has 0 saturated carbocycles. The minimum absolute atomic E-state index is 0.0607. The van der Waals surface area contributed by atoms with Crippen molar-refractivity contribution in [3.63, 3.8) is 0 Å². The van der Waals surface area contributed by atoms with E-state index in [0.717, 1.165) is 16.0 Å². The van der Waals surface area contributed by atoms with Gasteiger partial charge in [-0.25, -0.2) is 13.2 Å². The van der Waals surface area contributed by atoms with Crippen molar-refractivity contribution in [2.75, 3.05) is 0 Å². The summed E-state index contributed by atoms with van der Waals surface area (Å²) in [5, 5.41) is 5.60. The van der Waals surface area contributed by atoms with Gasteiger partial charge in [0, 0.05) is 17.2 Å². The van der Waals surface area contributed by atoms with Crippen LogP contribution in [0.3, 0.4) is 0 Å². The summed E-state index contributed by atoms with van der Waals surface area (Å²) < 4.78 is 43.4. The van der Waals surface area contributed by atoms with Crippen molar-refractivity contribution in [2.45, 2.75) is 77.5 Å². The molecule has 1 unspecified atom stereocenters. The highest BCUT2D eigenvalue weighted by Crippen LogP contribution is 2.36. The predicted molar refractivity (Wildman–Crippen MR) is 136 cm³/mol. The largest absolute Gasteiger partial charge is 0.349 e. The summed E-state index contributed by atoms with van der Waals surface area (Å²) in [5.74, 6) is -6.07. The van der Waals surface area contributed by atoms with Gasteiger partial charge in [0.2, 0.25) is 17.7 Å². The molecule has 1 saturated heterocycles. The molecule has 2 aliphatic rings. The standard InChI is InChI=1S/C29H34F3N3O3/c1-15(2)10-23-26(36)33-24(18-11-16-8-6-7-9-17(16)12-18)28(38)35(23)25(27(37)34-29(3,4)5)19-13-21(31)22(32)14-20(19)30/h6-9,13-15,18,23-25H,10-12H2,1-5H3,(H,33,36)(H,34,37)/t23-,24?,25-/m1/s1. The number of piperazine rings is 1. The maximum Gasteiger partial charge on any atom is 0.247 e. The molecule has 0 bridgehead atoms. The fourth-order valence-electron chi connectivity index (χ4n) is 5.48. The summed E-state index contributed by atoms with van der Waals surface area (Å²) in [5.41, 5.74) is 0.856. The number of amides is 3. The first-order chi connectivity index (χ1) is 17.8. The first-order valence-electron chi connectivity index (χ1n) is 12.9. The highest BCUT2D eigenvalue weighted by molar-refractivity contribution is 6.00. The van der Waals surface area contributed by atoms with Crippen molar-refractivity contribution in [2.24, 2.45) is 11.8 Å². The Labute approximate surface area is 221 Å². The van der Waals surface area contributed by atoms with E-state index >= 15 is 4.39 Å². The normalized spacial score (nSPS) is 20.9. The second-order valence-corrected chi connectivity index (χ2v) is 11.7. The van der Waals surface area contributed by atoms with Gasteiger partial charge in [-0.1, -0.05) is 38.1 Å². The van der Waals surface area contributed by atoms with Gasteiger partial charge in [-0.05, 0) is 69.1 Å². The molecule has 1 aliphatic carbocycles. The topological polar surface area (TPSA) is 78.5 Å². The van der Waals surface area contributed by atoms with Crippen molar-refractivity contribution >= 4 is 17.7 Å². The summed E-state index contributed by atoms with van der Waals surface area (Å²) in [6.07, 6.45) is 1.29. The first kappa shape index (κ1) is 27.7. The van der Waals surface area contributed by atoms with Crippen LogP contribution in [0.1, 0.15) is 63.8 Å². The Kier molecular flexibility index (Phi) is 7.59. The molecule has 2 N–H and O–H groups in total. The number of nitrogens with one attached hydrogen (secondary N) is 2. The molecule has 3 amide bonds. The number of fused-ring (bicyclic) bond motifs is 1. The molecule has 1 fully saturated rings. The van der Waals surface area contributed by atoms with Gasteiger partial charge in [-0.2, -0.15) is 0 Å². The second kappa shape index (κ2) is 10.4. The Bertz CT molecular complexity index is 1230. The van der Waals surface area contributed by atoms with Gasteiger partial charge < -0.3 is 15.5 Å². The molecule has 1 heterocycles. The molecule has 38 heavy (non-hydrogen) atoms. The van der Waals surface area contributed by atoms with E-state index in [9.17, 15) is 23.2 Å². The number of hydrogen-bond donors (Lipinski definition) is 2. The lowest BCUT2D eigenvalue weighted by Gasteiger charge is -2.45. The summed E-state index contributed by atoms with van der Waals surface area (Å²) in [6.45, 7) is 8.84. The van der Waals surface area contributed by atoms with Gasteiger partial charge in [0.25, 0.3) is 0 Å². The molecule has 3 atom stereocenters. The fourth-order valence-corrected chi connectivity index (χ4v) is 5.48. The lowest BCUT2D eigenvalue weighted by Crippen LogP contribution is -2.67. The van der Waals surface area contributed by atoms with Gasteiger partial charge in [0.15, 0.2) is 11.6 Å². The number of hydrogen-bond acceptors (Lipinski definition) is 3. The fraction of sp³-hybridized carbons (Fsp3) is 0.483. The number of benzene rings is 2. The highest BCUT2D eigenvalue weighted by Gasteiger charge is 2.50. The smallest absolute Gasteiger partial charge is 0.247 e. The van der Waals surface area contributed by atoms with E-state index in [-0.39, 0.29) is 18.3 Å². The number of carbonyl (C=O) groups excluding carboxylic acids is 3. The SMILES string of the molecule is CC(C)C[C@@H]1C(=O)NC(C2Cc3ccccc3C2)C(=O)N1[C@@H](C(=O)NC(C)(C)C)c1cc(F)c(F)cc1F. The van der Waals surface area contributed by atoms with Crippen LogP contribution < -0.4 is 10.6 Å². The maximum atomic E-state index is 15.2.